The Bertz CT molecular complexity index is 1290. The van der Waals surface area contributed by atoms with Crippen molar-refractivity contribution in [3.63, 3.8) is 0 Å². The smallest absolute Gasteiger partial charge is 0.234 e. The van der Waals surface area contributed by atoms with Gasteiger partial charge in [0.1, 0.15) is 16.8 Å². The maximum Gasteiger partial charge on any atom is 0.234 e. The maximum atomic E-state index is 12.6. The lowest BCUT2D eigenvalue weighted by Crippen LogP contribution is -2.14. The number of rotatable bonds is 7. The third kappa shape index (κ3) is 5.40. The highest BCUT2D eigenvalue weighted by molar-refractivity contribution is 8.00. The first-order chi connectivity index (χ1) is 16.2. The van der Waals surface area contributed by atoms with Crippen LogP contribution in [0.2, 0.25) is 0 Å². The number of carbonyl (C=O) groups excluding carboxylic acids is 1. The molecular weight excluding hydrogens is 430 g/mol. The van der Waals surface area contributed by atoms with Crippen LogP contribution in [-0.2, 0) is 4.79 Å². The van der Waals surface area contributed by atoms with Crippen LogP contribution in [0.25, 0.3) is 22.4 Å². The van der Waals surface area contributed by atoms with Crippen LogP contribution in [0.1, 0.15) is 5.56 Å². The Morgan fingerprint density at radius 3 is 2.21 bits per heavy atom. The Kier molecular flexibility index (Phi) is 7.03. The van der Waals surface area contributed by atoms with E-state index < -0.39 is 0 Å². The molecule has 162 valence electrons. The highest BCUT2D eigenvalue weighted by atomic mass is 32.2. The standard InChI is InChI=1S/C27H21N3O2S/c1-32-22-14-12-21(13-15-22)29-26(31)18-33-27-24(17-28)23(19-8-4-2-5-9-19)16-25(30-27)20-10-6-3-7-11-20/h2-16H,18H2,1H3,(H,29,31). The number of nitrogens with one attached hydrogen (secondary N) is 1. The normalized spacial score (nSPS) is 10.3. The van der Waals surface area contributed by atoms with Crippen LogP contribution in [0.5, 0.6) is 5.75 Å². The quantitative estimate of drug-likeness (QED) is 0.347. The Morgan fingerprint density at radius 2 is 1.61 bits per heavy atom. The molecule has 4 rings (SSSR count). The van der Waals surface area contributed by atoms with Crippen molar-refractivity contribution in [2.24, 2.45) is 0 Å². The summed E-state index contributed by atoms with van der Waals surface area (Å²) in [6.45, 7) is 0. The fraction of sp³-hybridized carbons (Fsp3) is 0.0741. The number of amides is 1. The van der Waals surface area contributed by atoms with Gasteiger partial charge in [0.05, 0.1) is 24.1 Å². The zero-order valence-corrected chi connectivity index (χ0v) is 18.8. The fourth-order valence-electron chi connectivity index (χ4n) is 3.34. The zero-order valence-electron chi connectivity index (χ0n) is 18.0. The molecule has 1 amide bonds. The van der Waals surface area contributed by atoms with Gasteiger partial charge in [0.2, 0.25) is 5.91 Å². The predicted octanol–water partition coefficient (Wildman–Crippen LogP) is 6.03. The van der Waals surface area contributed by atoms with Gasteiger partial charge in [-0.15, -0.1) is 0 Å². The number of methoxy groups -OCH3 is 1. The molecule has 1 aromatic heterocycles. The largest absolute Gasteiger partial charge is 0.497 e. The van der Waals surface area contributed by atoms with Gasteiger partial charge >= 0.3 is 0 Å². The van der Waals surface area contributed by atoms with Gasteiger partial charge in [-0.2, -0.15) is 5.26 Å². The van der Waals surface area contributed by atoms with E-state index in [0.717, 1.165) is 28.1 Å². The molecule has 0 unspecified atom stereocenters. The van der Waals surface area contributed by atoms with Gasteiger partial charge in [-0.3, -0.25) is 4.79 Å². The van der Waals surface area contributed by atoms with Gasteiger partial charge in [-0.25, -0.2) is 4.98 Å². The average molecular weight is 452 g/mol. The summed E-state index contributed by atoms with van der Waals surface area (Å²) in [5, 5.41) is 13.4. The molecule has 0 saturated carbocycles. The van der Waals surface area contributed by atoms with E-state index in [1.807, 2.05) is 66.7 Å². The van der Waals surface area contributed by atoms with Gasteiger partial charge in [0.25, 0.3) is 0 Å². The number of nitriles is 1. The third-order valence-electron chi connectivity index (χ3n) is 4.97. The van der Waals surface area contributed by atoms with Crippen LogP contribution in [0.4, 0.5) is 5.69 Å². The molecule has 0 aliphatic heterocycles. The molecule has 1 N–H and O–H groups in total. The number of ether oxygens (including phenoxy) is 1. The van der Waals surface area contributed by atoms with Crippen molar-refractivity contribution in [3.05, 3.63) is 96.6 Å². The summed E-state index contributed by atoms with van der Waals surface area (Å²) in [5.41, 5.74) is 4.57. The van der Waals surface area contributed by atoms with E-state index in [1.165, 1.54) is 11.8 Å². The number of hydrogen-bond acceptors (Lipinski definition) is 5. The lowest BCUT2D eigenvalue weighted by atomic mass is 9.99. The molecule has 4 aromatic rings. The molecular formula is C27H21N3O2S. The van der Waals surface area contributed by atoms with Crippen molar-refractivity contribution in [2.75, 3.05) is 18.2 Å². The van der Waals surface area contributed by atoms with Crippen molar-refractivity contribution in [1.29, 1.82) is 5.26 Å². The molecule has 3 aromatic carbocycles. The monoisotopic (exact) mass is 451 g/mol. The molecule has 5 nitrogen and oxygen atoms in total. The summed E-state index contributed by atoms with van der Waals surface area (Å²) in [5.74, 6) is 0.666. The van der Waals surface area contributed by atoms with E-state index in [-0.39, 0.29) is 11.7 Å². The topological polar surface area (TPSA) is 75.0 Å². The fourth-order valence-corrected chi connectivity index (χ4v) is 4.14. The lowest BCUT2D eigenvalue weighted by Gasteiger charge is -2.13. The van der Waals surface area contributed by atoms with Gasteiger partial charge in [0, 0.05) is 16.8 Å². The lowest BCUT2D eigenvalue weighted by molar-refractivity contribution is -0.113. The van der Waals surface area contributed by atoms with E-state index >= 15 is 0 Å². The molecule has 0 fully saturated rings. The van der Waals surface area contributed by atoms with Crippen LogP contribution >= 0.6 is 11.8 Å². The summed E-state index contributed by atoms with van der Waals surface area (Å²) in [6.07, 6.45) is 0. The van der Waals surface area contributed by atoms with E-state index in [2.05, 4.69) is 11.4 Å². The Morgan fingerprint density at radius 1 is 0.970 bits per heavy atom. The van der Waals surface area contributed by atoms with Gasteiger partial charge in [0.15, 0.2) is 0 Å². The van der Waals surface area contributed by atoms with E-state index in [4.69, 9.17) is 9.72 Å². The summed E-state index contributed by atoms with van der Waals surface area (Å²) < 4.78 is 5.14. The minimum Gasteiger partial charge on any atom is -0.497 e. The zero-order chi connectivity index (χ0) is 23.0. The van der Waals surface area contributed by atoms with Gasteiger partial charge in [-0.05, 0) is 35.9 Å². The summed E-state index contributed by atoms with van der Waals surface area (Å²) in [6, 6.07) is 30.9. The van der Waals surface area contributed by atoms with E-state index in [9.17, 15) is 10.1 Å². The molecule has 0 saturated heterocycles. The maximum absolute atomic E-state index is 12.6. The predicted molar refractivity (Wildman–Crippen MR) is 132 cm³/mol. The number of thioether (sulfide) groups is 1. The molecule has 0 atom stereocenters. The van der Waals surface area contributed by atoms with Gasteiger partial charge < -0.3 is 10.1 Å². The van der Waals surface area contributed by atoms with Crippen molar-refractivity contribution >= 4 is 23.4 Å². The van der Waals surface area contributed by atoms with Crippen LogP contribution in [-0.4, -0.2) is 23.8 Å². The van der Waals surface area contributed by atoms with Crippen molar-refractivity contribution < 1.29 is 9.53 Å². The second kappa shape index (κ2) is 10.5. The van der Waals surface area contributed by atoms with E-state index in [0.29, 0.717) is 16.3 Å². The number of anilines is 1. The highest BCUT2D eigenvalue weighted by Gasteiger charge is 2.17. The highest BCUT2D eigenvalue weighted by Crippen LogP contribution is 2.34. The number of aromatic nitrogens is 1. The number of carbonyl (C=O) groups is 1. The minimum absolute atomic E-state index is 0.125. The van der Waals surface area contributed by atoms with Crippen molar-refractivity contribution in [3.8, 4) is 34.2 Å². The van der Waals surface area contributed by atoms with Crippen molar-refractivity contribution in [1.82, 2.24) is 4.98 Å². The molecule has 0 aliphatic carbocycles. The first-order valence-corrected chi connectivity index (χ1v) is 11.3. The number of benzene rings is 3. The molecule has 6 heteroatoms. The van der Waals surface area contributed by atoms with Crippen LogP contribution < -0.4 is 10.1 Å². The minimum atomic E-state index is -0.178. The van der Waals surface area contributed by atoms with E-state index in [1.54, 1.807) is 31.4 Å². The first-order valence-electron chi connectivity index (χ1n) is 10.3. The molecule has 0 bridgehead atoms. The molecule has 0 radical (unpaired) electrons. The molecule has 33 heavy (non-hydrogen) atoms. The SMILES string of the molecule is COc1ccc(NC(=O)CSc2nc(-c3ccccc3)cc(-c3ccccc3)c2C#N)cc1. The van der Waals surface area contributed by atoms with Crippen LogP contribution in [0, 0.1) is 11.3 Å². The molecule has 0 spiro atoms. The Hall–Kier alpha value is -4.08. The third-order valence-corrected chi connectivity index (χ3v) is 5.94. The Balaban J connectivity index is 1.63. The second-order valence-electron chi connectivity index (χ2n) is 7.14. The second-order valence-corrected chi connectivity index (χ2v) is 8.11. The molecule has 0 aliphatic rings. The van der Waals surface area contributed by atoms with Crippen LogP contribution in [0.3, 0.4) is 0 Å². The number of nitrogens with zero attached hydrogens (tertiary/aromatic N) is 2. The summed E-state index contributed by atoms with van der Waals surface area (Å²) >= 11 is 1.25. The van der Waals surface area contributed by atoms with Crippen molar-refractivity contribution in [2.45, 2.75) is 5.03 Å². The number of hydrogen-bond donors (Lipinski definition) is 1. The average Bonchev–Trinajstić information content (AvgIpc) is 2.88. The summed E-state index contributed by atoms with van der Waals surface area (Å²) in [4.78, 5) is 17.3. The van der Waals surface area contributed by atoms with Gasteiger partial charge in [-0.1, -0.05) is 72.4 Å². The summed E-state index contributed by atoms with van der Waals surface area (Å²) in [7, 11) is 1.59. The molecule has 1 heterocycles. The Labute approximate surface area is 197 Å². The number of pyridine rings is 1. The van der Waals surface area contributed by atoms with Crippen LogP contribution in [0.15, 0.2) is 96.0 Å². The first kappa shape index (κ1) is 22.1.